The van der Waals surface area contributed by atoms with E-state index in [1.807, 2.05) is 6.07 Å². The van der Waals surface area contributed by atoms with E-state index in [1.54, 1.807) is 11.3 Å². The third-order valence-corrected chi connectivity index (χ3v) is 5.17. The van der Waals surface area contributed by atoms with Crippen molar-refractivity contribution in [2.24, 2.45) is 11.7 Å². The Morgan fingerprint density at radius 1 is 1.58 bits per heavy atom. The van der Waals surface area contributed by atoms with Gasteiger partial charge in [0, 0.05) is 24.1 Å². The number of aliphatic hydroxyl groups excluding tert-OH is 1. The smallest absolute Gasteiger partial charge is 0.0931 e. The molecule has 0 amide bonds. The number of piperidine rings is 1. The van der Waals surface area contributed by atoms with Crippen LogP contribution in [0.5, 0.6) is 0 Å². The first-order valence-corrected chi connectivity index (χ1v) is 8.17. The zero-order chi connectivity index (χ0) is 13.8. The fourth-order valence-electron chi connectivity index (χ4n) is 3.03. The van der Waals surface area contributed by atoms with E-state index in [2.05, 4.69) is 17.9 Å². The molecule has 1 fully saturated rings. The second-order valence-electron chi connectivity index (χ2n) is 5.46. The number of likely N-dealkylation sites (tertiary alicyclic amines) is 1. The van der Waals surface area contributed by atoms with Gasteiger partial charge in [-0.3, -0.25) is 4.90 Å². The van der Waals surface area contributed by atoms with Crippen molar-refractivity contribution in [2.75, 3.05) is 19.7 Å². The molecule has 1 saturated heterocycles. The summed E-state index contributed by atoms with van der Waals surface area (Å²) >= 11 is 7.68. The minimum Gasteiger partial charge on any atom is -0.396 e. The number of nitrogens with two attached hydrogens (primary N) is 1. The monoisotopic (exact) mass is 302 g/mol. The third-order valence-electron chi connectivity index (χ3n) is 3.86. The maximum absolute atomic E-state index is 9.11. The number of hydrogen-bond donors (Lipinski definition) is 2. The first kappa shape index (κ1) is 15.3. The van der Waals surface area contributed by atoms with Crippen LogP contribution < -0.4 is 5.73 Å². The van der Waals surface area contributed by atoms with Crippen molar-refractivity contribution in [3.63, 3.8) is 0 Å². The van der Waals surface area contributed by atoms with Crippen LogP contribution in [0.3, 0.4) is 0 Å². The van der Waals surface area contributed by atoms with Crippen LogP contribution in [0.15, 0.2) is 12.1 Å². The van der Waals surface area contributed by atoms with Gasteiger partial charge in [0.05, 0.1) is 10.4 Å². The molecule has 3 N–H and O–H groups in total. The zero-order valence-electron chi connectivity index (χ0n) is 11.4. The zero-order valence-corrected chi connectivity index (χ0v) is 13.0. The van der Waals surface area contributed by atoms with Crippen molar-refractivity contribution in [3.8, 4) is 0 Å². The van der Waals surface area contributed by atoms with Crippen LogP contribution in [0.25, 0.3) is 0 Å². The van der Waals surface area contributed by atoms with Gasteiger partial charge in [-0.15, -0.1) is 11.3 Å². The van der Waals surface area contributed by atoms with Gasteiger partial charge in [-0.2, -0.15) is 0 Å². The lowest BCUT2D eigenvalue weighted by Crippen LogP contribution is -2.44. The van der Waals surface area contributed by atoms with Crippen molar-refractivity contribution in [1.29, 1.82) is 0 Å². The average Bonchev–Trinajstić information content (AvgIpc) is 2.76. The molecule has 3 atom stereocenters. The molecular weight excluding hydrogens is 280 g/mol. The van der Waals surface area contributed by atoms with E-state index in [9.17, 15) is 0 Å². The summed E-state index contributed by atoms with van der Waals surface area (Å²) in [6.07, 6.45) is 3.30. The Hall–Kier alpha value is -0.130. The number of rotatable bonds is 5. The van der Waals surface area contributed by atoms with Gasteiger partial charge in [0.1, 0.15) is 0 Å². The van der Waals surface area contributed by atoms with E-state index in [-0.39, 0.29) is 18.7 Å². The Kier molecular flexibility index (Phi) is 5.66. The van der Waals surface area contributed by atoms with Gasteiger partial charge in [0.25, 0.3) is 0 Å². The lowest BCUT2D eigenvalue weighted by Gasteiger charge is -2.39. The SMILES string of the molecule is CC(N)C(c1ccc(Cl)s1)N1CCCC(CCO)C1. The molecule has 2 heterocycles. The van der Waals surface area contributed by atoms with Gasteiger partial charge >= 0.3 is 0 Å². The second kappa shape index (κ2) is 7.04. The fourth-order valence-corrected chi connectivity index (χ4v) is 4.34. The standard InChI is InChI=1S/C14H23ClN2OS/c1-10(16)14(12-4-5-13(15)19-12)17-7-2-3-11(9-17)6-8-18/h4-5,10-11,14,18H,2-3,6-9,16H2,1H3. The number of halogens is 1. The Morgan fingerprint density at radius 2 is 2.37 bits per heavy atom. The summed E-state index contributed by atoms with van der Waals surface area (Å²) in [7, 11) is 0. The molecule has 0 bridgehead atoms. The minimum atomic E-state index is 0.0857. The highest BCUT2D eigenvalue weighted by Crippen LogP contribution is 2.35. The topological polar surface area (TPSA) is 49.5 Å². The molecule has 0 aromatic carbocycles. The lowest BCUT2D eigenvalue weighted by atomic mass is 9.92. The number of nitrogens with zero attached hydrogens (tertiary/aromatic N) is 1. The van der Waals surface area contributed by atoms with Gasteiger partial charge < -0.3 is 10.8 Å². The Bertz CT molecular complexity index is 395. The highest BCUT2D eigenvalue weighted by Gasteiger charge is 2.29. The first-order valence-electron chi connectivity index (χ1n) is 6.97. The highest BCUT2D eigenvalue weighted by atomic mass is 35.5. The van der Waals surface area contributed by atoms with Crippen molar-refractivity contribution in [3.05, 3.63) is 21.3 Å². The van der Waals surface area contributed by atoms with E-state index >= 15 is 0 Å². The van der Waals surface area contributed by atoms with E-state index in [4.69, 9.17) is 22.4 Å². The molecule has 2 rings (SSSR count). The molecule has 5 heteroatoms. The third kappa shape index (κ3) is 3.92. The largest absolute Gasteiger partial charge is 0.396 e. The molecule has 0 aliphatic carbocycles. The van der Waals surface area contributed by atoms with Crippen LogP contribution in [-0.2, 0) is 0 Å². The minimum absolute atomic E-state index is 0.0857. The van der Waals surface area contributed by atoms with Crippen LogP contribution in [0.4, 0.5) is 0 Å². The molecule has 108 valence electrons. The molecule has 1 aliphatic rings. The summed E-state index contributed by atoms with van der Waals surface area (Å²) in [6.45, 7) is 4.46. The second-order valence-corrected chi connectivity index (χ2v) is 7.21. The van der Waals surface area contributed by atoms with E-state index < -0.39 is 0 Å². The van der Waals surface area contributed by atoms with Gasteiger partial charge in [-0.05, 0) is 50.8 Å². The number of thiophene rings is 1. The summed E-state index contributed by atoms with van der Waals surface area (Å²) in [5.41, 5.74) is 6.20. The molecule has 1 aromatic rings. The van der Waals surface area contributed by atoms with Crippen molar-refractivity contribution in [2.45, 2.75) is 38.3 Å². The maximum atomic E-state index is 9.11. The van der Waals surface area contributed by atoms with Gasteiger partial charge in [-0.1, -0.05) is 11.6 Å². The van der Waals surface area contributed by atoms with Crippen LogP contribution >= 0.6 is 22.9 Å². The van der Waals surface area contributed by atoms with E-state index in [0.29, 0.717) is 5.92 Å². The molecule has 3 unspecified atom stereocenters. The highest BCUT2D eigenvalue weighted by molar-refractivity contribution is 7.16. The molecule has 0 spiro atoms. The predicted octanol–water partition coefficient (Wildman–Crippen LogP) is 2.88. The Labute approximate surface area is 124 Å². The summed E-state index contributed by atoms with van der Waals surface area (Å²) in [6, 6.07) is 4.38. The maximum Gasteiger partial charge on any atom is 0.0931 e. The summed E-state index contributed by atoms with van der Waals surface area (Å²) in [5, 5.41) is 9.11. The fraction of sp³-hybridized carbons (Fsp3) is 0.714. The molecule has 1 aromatic heterocycles. The normalized spacial score (nSPS) is 24.3. The molecule has 3 nitrogen and oxygen atoms in total. The van der Waals surface area contributed by atoms with Crippen LogP contribution in [-0.4, -0.2) is 35.7 Å². The lowest BCUT2D eigenvalue weighted by molar-refractivity contribution is 0.0983. The van der Waals surface area contributed by atoms with Crippen molar-refractivity contribution in [1.82, 2.24) is 4.90 Å². The number of hydrogen-bond acceptors (Lipinski definition) is 4. The first-order chi connectivity index (χ1) is 9.11. The number of aliphatic hydroxyl groups is 1. The van der Waals surface area contributed by atoms with E-state index in [0.717, 1.165) is 23.8 Å². The van der Waals surface area contributed by atoms with Crippen LogP contribution in [0.1, 0.15) is 37.1 Å². The van der Waals surface area contributed by atoms with Crippen molar-refractivity contribution >= 4 is 22.9 Å². The predicted molar refractivity (Wildman–Crippen MR) is 81.7 cm³/mol. The van der Waals surface area contributed by atoms with Crippen molar-refractivity contribution < 1.29 is 5.11 Å². The summed E-state index contributed by atoms with van der Waals surface area (Å²) in [4.78, 5) is 3.72. The van der Waals surface area contributed by atoms with E-state index in [1.165, 1.54) is 17.7 Å². The van der Waals surface area contributed by atoms with Crippen LogP contribution in [0.2, 0.25) is 4.34 Å². The molecule has 19 heavy (non-hydrogen) atoms. The average molecular weight is 303 g/mol. The van der Waals surface area contributed by atoms with Gasteiger partial charge in [0.15, 0.2) is 0 Å². The molecule has 0 saturated carbocycles. The Balaban J connectivity index is 2.10. The van der Waals surface area contributed by atoms with Gasteiger partial charge in [0.2, 0.25) is 0 Å². The molecule has 0 radical (unpaired) electrons. The quantitative estimate of drug-likeness (QED) is 0.879. The summed E-state index contributed by atoms with van der Waals surface area (Å²) in [5.74, 6) is 0.593. The Morgan fingerprint density at radius 3 is 2.95 bits per heavy atom. The van der Waals surface area contributed by atoms with Crippen LogP contribution in [0, 0.1) is 5.92 Å². The van der Waals surface area contributed by atoms with Gasteiger partial charge in [-0.25, -0.2) is 0 Å². The molecular formula is C14H23ClN2OS. The summed E-state index contributed by atoms with van der Waals surface area (Å²) < 4.78 is 0.824. The molecule has 1 aliphatic heterocycles.